The number of hydrogen-bond acceptors (Lipinski definition) is 2. The van der Waals surface area contributed by atoms with Crippen molar-refractivity contribution in [3.05, 3.63) is 0 Å². The molecule has 0 fully saturated rings. The first-order valence-corrected chi connectivity index (χ1v) is 6.95. The Morgan fingerprint density at radius 1 is 1.11 bits per heavy atom. The first-order valence-electron chi connectivity index (χ1n) is 6.95. The van der Waals surface area contributed by atoms with Crippen molar-refractivity contribution < 1.29 is 14.7 Å². The Morgan fingerprint density at radius 3 is 1.94 bits per heavy atom. The van der Waals surface area contributed by atoms with Crippen LogP contribution in [0.3, 0.4) is 0 Å². The molecule has 106 valence electrons. The first-order chi connectivity index (χ1) is 8.42. The smallest absolute Gasteiger partial charge is 0.326 e. The lowest BCUT2D eigenvalue weighted by Gasteiger charge is -2.20. The van der Waals surface area contributed by atoms with Crippen LogP contribution in [0.1, 0.15) is 59.8 Å². The predicted octanol–water partition coefficient (Wildman–Crippen LogP) is 2.82. The lowest BCUT2D eigenvalue weighted by molar-refractivity contribution is -0.143. The maximum absolute atomic E-state index is 12.0. The lowest BCUT2D eigenvalue weighted by Crippen LogP contribution is -2.44. The van der Waals surface area contributed by atoms with Gasteiger partial charge in [-0.2, -0.15) is 0 Å². The highest BCUT2D eigenvalue weighted by molar-refractivity contribution is 5.84. The van der Waals surface area contributed by atoms with Crippen LogP contribution in [0, 0.1) is 11.8 Å². The molecule has 0 aliphatic carbocycles. The van der Waals surface area contributed by atoms with Crippen molar-refractivity contribution in [2.45, 2.75) is 65.8 Å². The quantitative estimate of drug-likeness (QED) is 0.667. The number of carbonyl (C=O) groups is 2. The van der Waals surface area contributed by atoms with Crippen LogP contribution in [-0.4, -0.2) is 23.0 Å². The Hall–Kier alpha value is -1.06. The van der Waals surface area contributed by atoms with Crippen LogP contribution in [0.5, 0.6) is 0 Å². The van der Waals surface area contributed by atoms with E-state index in [2.05, 4.69) is 5.32 Å². The number of amides is 1. The van der Waals surface area contributed by atoms with E-state index in [4.69, 9.17) is 5.11 Å². The molecule has 0 aliphatic rings. The number of carbonyl (C=O) groups excluding carboxylic acids is 1. The van der Waals surface area contributed by atoms with Crippen molar-refractivity contribution >= 4 is 11.9 Å². The van der Waals surface area contributed by atoms with Crippen LogP contribution in [0.15, 0.2) is 0 Å². The highest BCUT2D eigenvalue weighted by Crippen LogP contribution is 2.15. The summed E-state index contributed by atoms with van der Waals surface area (Å²) in [5.41, 5.74) is 0. The zero-order valence-electron chi connectivity index (χ0n) is 12.0. The third-order valence-corrected chi connectivity index (χ3v) is 2.97. The van der Waals surface area contributed by atoms with Gasteiger partial charge in [-0.05, 0) is 25.2 Å². The van der Waals surface area contributed by atoms with E-state index >= 15 is 0 Å². The Kier molecular flexibility index (Phi) is 8.42. The third-order valence-electron chi connectivity index (χ3n) is 2.97. The zero-order chi connectivity index (χ0) is 14.1. The molecule has 1 unspecified atom stereocenters. The maximum atomic E-state index is 12.0. The molecule has 1 atom stereocenters. The molecule has 18 heavy (non-hydrogen) atoms. The second kappa shape index (κ2) is 8.95. The SMILES string of the molecule is CCCC(CCC)C(=O)NC(CC(C)C)C(=O)O. The molecule has 0 aliphatic heterocycles. The summed E-state index contributed by atoms with van der Waals surface area (Å²) in [5.74, 6) is -0.841. The summed E-state index contributed by atoms with van der Waals surface area (Å²) < 4.78 is 0. The average Bonchev–Trinajstić information content (AvgIpc) is 2.27. The monoisotopic (exact) mass is 257 g/mol. The fraction of sp³-hybridized carbons (Fsp3) is 0.857. The topological polar surface area (TPSA) is 66.4 Å². The van der Waals surface area contributed by atoms with E-state index in [0.717, 1.165) is 25.7 Å². The normalized spacial score (nSPS) is 12.8. The Labute approximate surface area is 110 Å². The molecule has 0 aromatic heterocycles. The molecule has 0 bridgehead atoms. The molecule has 1 amide bonds. The summed E-state index contributed by atoms with van der Waals surface area (Å²) >= 11 is 0. The van der Waals surface area contributed by atoms with E-state index in [1.807, 2.05) is 27.7 Å². The van der Waals surface area contributed by atoms with Gasteiger partial charge in [0, 0.05) is 5.92 Å². The molecule has 4 heteroatoms. The minimum absolute atomic E-state index is 0.0472. The summed E-state index contributed by atoms with van der Waals surface area (Å²) in [4.78, 5) is 23.1. The van der Waals surface area contributed by atoms with Gasteiger partial charge < -0.3 is 10.4 Å². The van der Waals surface area contributed by atoms with Crippen LogP contribution in [0.4, 0.5) is 0 Å². The predicted molar refractivity (Wildman–Crippen MR) is 72.3 cm³/mol. The van der Waals surface area contributed by atoms with Gasteiger partial charge in [0.05, 0.1) is 0 Å². The van der Waals surface area contributed by atoms with Gasteiger partial charge in [0.25, 0.3) is 0 Å². The minimum atomic E-state index is -0.941. The van der Waals surface area contributed by atoms with E-state index in [9.17, 15) is 9.59 Å². The van der Waals surface area contributed by atoms with E-state index in [-0.39, 0.29) is 17.7 Å². The summed E-state index contributed by atoms with van der Waals surface area (Å²) in [6, 6.07) is -0.756. The lowest BCUT2D eigenvalue weighted by atomic mass is 9.96. The van der Waals surface area contributed by atoms with Gasteiger partial charge in [-0.3, -0.25) is 4.79 Å². The summed E-state index contributed by atoms with van der Waals surface area (Å²) in [6.45, 7) is 7.99. The average molecular weight is 257 g/mol. The molecule has 4 nitrogen and oxygen atoms in total. The number of rotatable bonds is 9. The highest BCUT2D eigenvalue weighted by atomic mass is 16.4. The van der Waals surface area contributed by atoms with Crippen molar-refractivity contribution in [2.75, 3.05) is 0 Å². The van der Waals surface area contributed by atoms with E-state index in [1.165, 1.54) is 0 Å². The summed E-state index contributed by atoms with van der Waals surface area (Å²) in [6.07, 6.45) is 4.02. The minimum Gasteiger partial charge on any atom is -0.480 e. The van der Waals surface area contributed by atoms with Crippen molar-refractivity contribution in [1.29, 1.82) is 0 Å². The molecule has 0 aromatic rings. The van der Waals surface area contributed by atoms with Crippen LogP contribution in [0.2, 0.25) is 0 Å². The maximum Gasteiger partial charge on any atom is 0.326 e. The molecule has 0 heterocycles. The molecule has 0 aromatic carbocycles. The molecule has 0 radical (unpaired) electrons. The summed E-state index contributed by atoms with van der Waals surface area (Å²) in [7, 11) is 0. The Bertz CT molecular complexity index is 258. The largest absolute Gasteiger partial charge is 0.480 e. The van der Waals surface area contributed by atoms with Crippen LogP contribution >= 0.6 is 0 Å². The summed E-state index contributed by atoms with van der Waals surface area (Å²) in [5, 5.41) is 11.8. The van der Waals surface area contributed by atoms with Crippen LogP contribution in [0.25, 0.3) is 0 Å². The zero-order valence-corrected chi connectivity index (χ0v) is 12.0. The number of nitrogens with one attached hydrogen (secondary N) is 1. The van der Waals surface area contributed by atoms with Gasteiger partial charge in [0.1, 0.15) is 6.04 Å². The number of hydrogen-bond donors (Lipinski definition) is 2. The second-order valence-corrected chi connectivity index (χ2v) is 5.30. The molecular weight excluding hydrogens is 230 g/mol. The van der Waals surface area contributed by atoms with E-state index in [0.29, 0.717) is 6.42 Å². The molecule has 2 N–H and O–H groups in total. The molecule has 0 saturated heterocycles. The van der Waals surface area contributed by atoms with Gasteiger partial charge >= 0.3 is 5.97 Å². The number of aliphatic carboxylic acids is 1. The van der Waals surface area contributed by atoms with Gasteiger partial charge in [0.15, 0.2) is 0 Å². The van der Waals surface area contributed by atoms with Crippen molar-refractivity contribution in [2.24, 2.45) is 11.8 Å². The fourth-order valence-electron chi connectivity index (χ4n) is 2.09. The van der Waals surface area contributed by atoms with Crippen LogP contribution < -0.4 is 5.32 Å². The molecule has 0 spiro atoms. The molecular formula is C14H27NO3. The van der Waals surface area contributed by atoms with Gasteiger partial charge in [-0.25, -0.2) is 4.79 Å². The first kappa shape index (κ1) is 16.9. The van der Waals surface area contributed by atoms with Gasteiger partial charge in [0.2, 0.25) is 5.91 Å². The Balaban J connectivity index is 4.49. The third kappa shape index (κ3) is 6.62. The van der Waals surface area contributed by atoms with Crippen LogP contribution in [-0.2, 0) is 9.59 Å². The highest BCUT2D eigenvalue weighted by Gasteiger charge is 2.24. The Morgan fingerprint density at radius 2 is 1.61 bits per heavy atom. The van der Waals surface area contributed by atoms with E-state index < -0.39 is 12.0 Å². The van der Waals surface area contributed by atoms with Gasteiger partial charge in [-0.1, -0.05) is 40.5 Å². The number of carboxylic acids is 1. The number of carboxylic acid groups (broad SMARTS) is 1. The van der Waals surface area contributed by atoms with Crippen molar-refractivity contribution in [1.82, 2.24) is 5.32 Å². The van der Waals surface area contributed by atoms with E-state index in [1.54, 1.807) is 0 Å². The standard InChI is InChI=1S/C14H27NO3/c1-5-7-11(8-6-2)13(16)15-12(14(17)18)9-10(3)4/h10-12H,5-9H2,1-4H3,(H,15,16)(H,17,18). The van der Waals surface area contributed by atoms with Crippen molar-refractivity contribution in [3.63, 3.8) is 0 Å². The second-order valence-electron chi connectivity index (χ2n) is 5.30. The van der Waals surface area contributed by atoms with Gasteiger partial charge in [-0.15, -0.1) is 0 Å². The van der Waals surface area contributed by atoms with Crippen molar-refractivity contribution in [3.8, 4) is 0 Å². The fourth-order valence-corrected chi connectivity index (χ4v) is 2.09. The molecule has 0 saturated carbocycles. The molecule has 0 rings (SSSR count).